The van der Waals surface area contributed by atoms with Gasteiger partial charge in [-0.3, -0.25) is 5.21 Å². The number of benzene rings is 2. The molecule has 0 radical (unpaired) electrons. The number of amides is 1. The molecular formula is C17H20BNO4. The summed E-state index contributed by atoms with van der Waals surface area (Å²) >= 11 is 0. The number of hydrogen-bond acceptors (Lipinski definition) is 4. The van der Waals surface area contributed by atoms with Gasteiger partial charge in [0.15, 0.2) is 0 Å². The quantitative estimate of drug-likeness (QED) is 0.533. The molecule has 0 aromatic heterocycles. The second-order valence-corrected chi connectivity index (χ2v) is 5.42. The molecule has 2 aromatic carbocycles. The Bertz CT molecular complexity index is 718. The van der Waals surface area contributed by atoms with Crippen molar-refractivity contribution in [3.8, 4) is 5.75 Å². The fourth-order valence-corrected chi connectivity index (χ4v) is 2.43. The van der Waals surface area contributed by atoms with Crippen LogP contribution in [0.5, 0.6) is 5.75 Å². The molecule has 6 heteroatoms. The summed E-state index contributed by atoms with van der Waals surface area (Å²) in [6.45, 7) is 4.02. The predicted molar refractivity (Wildman–Crippen MR) is 91.5 cm³/mol. The van der Waals surface area contributed by atoms with E-state index in [0.717, 1.165) is 16.9 Å². The van der Waals surface area contributed by atoms with Gasteiger partial charge < -0.3 is 9.47 Å². The highest BCUT2D eigenvalue weighted by Gasteiger charge is 2.19. The third-order valence-corrected chi connectivity index (χ3v) is 3.59. The van der Waals surface area contributed by atoms with Gasteiger partial charge in [0.1, 0.15) is 20.2 Å². The molecule has 0 aliphatic carbocycles. The summed E-state index contributed by atoms with van der Waals surface area (Å²) in [5, 5.41) is 10.6. The lowest BCUT2D eigenvalue weighted by molar-refractivity contribution is 0.140. The molecule has 0 saturated heterocycles. The number of para-hydroxylation sites is 1. The Balaban J connectivity index is 2.26. The van der Waals surface area contributed by atoms with Gasteiger partial charge in [-0.1, -0.05) is 35.8 Å². The number of carbonyl (C=O) groups is 1. The van der Waals surface area contributed by atoms with E-state index in [-0.39, 0.29) is 6.61 Å². The van der Waals surface area contributed by atoms with E-state index in [0.29, 0.717) is 16.3 Å². The van der Waals surface area contributed by atoms with E-state index < -0.39 is 6.09 Å². The van der Waals surface area contributed by atoms with Crippen LogP contribution in [-0.4, -0.2) is 26.3 Å². The van der Waals surface area contributed by atoms with Gasteiger partial charge in [-0.05, 0) is 31.0 Å². The highest BCUT2D eigenvalue weighted by atomic mass is 16.6. The first-order chi connectivity index (χ1) is 10.9. The van der Waals surface area contributed by atoms with Crippen molar-refractivity contribution in [3.05, 3.63) is 53.1 Å². The molecule has 23 heavy (non-hydrogen) atoms. The molecular weight excluding hydrogens is 293 g/mol. The molecule has 0 heterocycles. The standard InChI is InChI=1S/C17H20BNO4/c1-11-5-4-6-13(16(11)19(21)17(20)22-3)10-23-15-8-7-14(18)9-12(15)2/h4-9,21H,10,18H2,1-3H3. The summed E-state index contributed by atoms with van der Waals surface area (Å²) in [6, 6.07) is 11.4. The van der Waals surface area contributed by atoms with E-state index in [9.17, 15) is 10.0 Å². The molecule has 2 rings (SSSR count). The average molecular weight is 313 g/mol. The molecule has 1 N–H and O–H groups in total. The number of hydroxylamine groups is 1. The minimum Gasteiger partial charge on any atom is -0.489 e. The molecule has 0 fully saturated rings. The van der Waals surface area contributed by atoms with E-state index >= 15 is 0 Å². The monoisotopic (exact) mass is 313 g/mol. The van der Waals surface area contributed by atoms with Gasteiger partial charge in [-0.25, -0.2) is 4.79 Å². The van der Waals surface area contributed by atoms with Crippen LogP contribution < -0.4 is 15.3 Å². The molecule has 0 unspecified atom stereocenters. The Hall–Kier alpha value is -2.47. The van der Waals surface area contributed by atoms with Gasteiger partial charge in [-0.15, -0.1) is 0 Å². The van der Waals surface area contributed by atoms with Crippen molar-refractivity contribution in [1.82, 2.24) is 0 Å². The van der Waals surface area contributed by atoms with Crippen molar-refractivity contribution in [2.24, 2.45) is 0 Å². The fraction of sp³-hybridized carbons (Fsp3) is 0.235. The van der Waals surface area contributed by atoms with Crippen LogP contribution in [0.4, 0.5) is 10.5 Å². The van der Waals surface area contributed by atoms with E-state index in [1.54, 1.807) is 6.07 Å². The first kappa shape index (κ1) is 16.9. The second kappa shape index (κ2) is 7.20. The van der Waals surface area contributed by atoms with Crippen LogP contribution in [0.2, 0.25) is 0 Å². The molecule has 2 aromatic rings. The number of methoxy groups -OCH3 is 1. The Morgan fingerprint density at radius 3 is 2.61 bits per heavy atom. The summed E-state index contributed by atoms with van der Waals surface area (Å²) in [4.78, 5) is 11.6. The molecule has 0 spiro atoms. The summed E-state index contributed by atoms with van der Waals surface area (Å²) in [6.07, 6.45) is -0.841. The van der Waals surface area contributed by atoms with E-state index in [4.69, 9.17) is 4.74 Å². The molecule has 120 valence electrons. The first-order valence-electron chi connectivity index (χ1n) is 7.29. The topological polar surface area (TPSA) is 59.0 Å². The maximum absolute atomic E-state index is 11.6. The van der Waals surface area contributed by atoms with E-state index in [2.05, 4.69) is 4.74 Å². The van der Waals surface area contributed by atoms with Crippen LogP contribution >= 0.6 is 0 Å². The second-order valence-electron chi connectivity index (χ2n) is 5.42. The van der Waals surface area contributed by atoms with Gasteiger partial charge in [0.25, 0.3) is 0 Å². The number of ether oxygens (including phenoxy) is 2. The van der Waals surface area contributed by atoms with Crippen molar-refractivity contribution < 1.29 is 19.5 Å². The molecule has 1 amide bonds. The van der Waals surface area contributed by atoms with E-state index in [1.165, 1.54) is 12.6 Å². The van der Waals surface area contributed by atoms with Gasteiger partial charge in [-0.2, -0.15) is 5.06 Å². The molecule has 0 saturated carbocycles. The zero-order valence-corrected chi connectivity index (χ0v) is 13.8. The van der Waals surface area contributed by atoms with Gasteiger partial charge in [0.05, 0.1) is 12.8 Å². The first-order valence-corrected chi connectivity index (χ1v) is 7.29. The van der Waals surface area contributed by atoms with Crippen molar-refractivity contribution in [2.75, 3.05) is 12.2 Å². The van der Waals surface area contributed by atoms with Crippen molar-refractivity contribution in [3.63, 3.8) is 0 Å². The lowest BCUT2D eigenvalue weighted by Crippen LogP contribution is -2.28. The normalized spacial score (nSPS) is 10.3. The number of nitrogens with zero attached hydrogens (tertiary/aromatic N) is 1. The summed E-state index contributed by atoms with van der Waals surface area (Å²) < 4.78 is 10.4. The number of aryl methyl sites for hydroxylation is 2. The largest absolute Gasteiger partial charge is 0.489 e. The molecule has 0 bridgehead atoms. The third kappa shape index (κ3) is 3.84. The minimum atomic E-state index is -0.841. The summed E-state index contributed by atoms with van der Waals surface area (Å²) in [7, 11) is 3.24. The summed E-state index contributed by atoms with van der Waals surface area (Å²) in [5.74, 6) is 0.769. The van der Waals surface area contributed by atoms with Crippen LogP contribution in [0.1, 0.15) is 16.7 Å². The van der Waals surface area contributed by atoms with Gasteiger partial charge in [0, 0.05) is 5.56 Å². The minimum absolute atomic E-state index is 0.231. The van der Waals surface area contributed by atoms with Crippen LogP contribution in [0.15, 0.2) is 36.4 Å². The maximum atomic E-state index is 11.6. The Morgan fingerprint density at radius 1 is 1.22 bits per heavy atom. The number of rotatable bonds is 4. The van der Waals surface area contributed by atoms with Gasteiger partial charge >= 0.3 is 6.09 Å². The molecule has 0 aliphatic heterocycles. The van der Waals surface area contributed by atoms with E-state index in [1.807, 2.05) is 52.0 Å². The van der Waals surface area contributed by atoms with Crippen LogP contribution in [0, 0.1) is 13.8 Å². The zero-order chi connectivity index (χ0) is 17.0. The Morgan fingerprint density at radius 2 is 1.96 bits per heavy atom. The average Bonchev–Trinajstić information content (AvgIpc) is 2.52. The predicted octanol–water partition coefficient (Wildman–Crippen LogP) is 2.10. The SMILES string of the molecule is Bc1ccc(OCc2cccc(C)c2N(O)C(=O)OC)c(C)c1. The van der Waals surface area contributed by atoms with Crippen molar-refractivity contribution in [2.45, 2.75) is 20.5 Å². The van der Waals surface area contributed by atoms with Crippen LogP contribution in [0.3, 0.4) is 0 Å². The number of carbonyl (C=O) groups excluding carboxylic acids is 1. The van der Waals surface area contributed by atoms with Crippen molar-refractivity contribution in [1.29, 1.82) is 0 Å². The van der Waals surface area contributed by atoms with Crippen molar-refractivity contribution >= 4 is 25.1 Å². The molecule has 0 aliphatic rings. The van der Waals surface area contributed by atoms with Crippen LogP contribution in [-0.2, 0) is 11.3 Å². The summed E-state index contributed by atoms with van der Waals surface area (Å²) in [5.41, 5.74) is 4.02. The lowest BCUT2D eigenvalue weighted by atomic mass is 9.94. The highest BCUT2D eigenvalue weighted by Crippen LogP contribution is 2.26. The lowest BCUT2D eigenvalue weighted by Gasteiger charge is -2.20. The molecule has 0 atom stereocenters. The fourth-order valence-electron chi connectivity index (χ4n) is 2.43. The smallest absolute Gasteiger partial charge is 0.438 e. The van der Waals surface area contributed by atoms with Gasteiger partial charge in [0.2, 0.25) is 0 Å². The number of anilines is 1. The Labute approximate surface area is 136 Å². The Kier molecular flexibility index (Phi) is 5.29. The number of hydrogen-bond donors (Lipinski definition) is 1. The zero-order valence-electron chi connectivity index (χ0n) is 13.8. The highest BCUT2D eigenvalue weighted by molar-refractivity contribution is 6.32. The molecule has 5 nitrogen and oxygen atoms in total. The maximum Gasteiger partial charge on any atom is 0.438 e. The van der Waals surface area contributed by atoms with Crippen LogP contribution in [0.25, 0.3) is 0 Å². The third-order valence-electron chi connectivity index (χ3n) is 3.59.